The predicted molar refractivity (Wildman–Crippen MR) is 52.3 cm³/mol. The van der Waals surface area contributed by atoms with Crippen LogP contribution < -0.4 is 5.32 Å². The maximum atomic E-state index is 10.8. The zero-order chi connectivity index (χ0) is 9.61. The molecule has 1 atom stereocenters. The molecule has 0 aliphatic carbocycles. The van der Waals surface area contributed by atoms with E-state index in [0.29, 0.717) is 18.7 Å². The number of amides is 1. The van der Waals surface area contributed by atoms with E-state index in [-0.39, 0.29) is 5.91 Å². The average Bonchev–Trinajstić information content (AvgIpc) is 2.00. The normalized spacial score (nSPS) is 15.3. The van der Waals surface area contributed by atoms with Gasteiger partial charge in [0.05, 0.1) is 5.60 Å². The second-order valence-electron chi connectivity index (χ2n) is 3.06. The summed E-state index contributed by atoms with van der Waals surface area (Å²) in [6.45, 7) is 3.85. The van der Waals surface area contributed by atoms with Crippen LogP contribution in [0.15, 0.2) is 0 Å². The molecule has 0 spiro atoms. The monoisotopic (exact) mass is 191 g/mol. The molecule has 4 heteroatoms. The Hall–Kier alpha value is -0.220. The Kier molecular flexibility index (Phi) is 5.33. The van der Waals surface area contributed by atoms with Gasteiger partial charge in [-0.3, -0.25) is 4.79 Å². The zero-order valence-corrected chi connectivity index (χ0v) is 8.70. The van der Waals surface area contributed by atoms with E-state index in [1.165, 1.54) is 0 Å². The van der Waals surface area contributed by atoms with Gasteiger partial charge < -0.3 is 10.4 Å². The van der Waals surface area contributed by atoms with Gasteiger partial charge in [0.15, 0.2) is 0 Å². The van der Waals surface area contributed by atoms with E-state index in [2.05, 4.69) is 5.32 Å². The summed E-state index contributed by atoms with van der Waals surface area (Å²) in [4.78, 5) is 10.8. The van der Waals surface area contributed by atoms with Crippen LogP contribution in [0.3, 0.4) is 0 Å². The molecule has 2 N–H and O–H groups in total. The van der Waals surface area contributed by atoms with Crippen molar-refractivity contribution in [1.82, 2.24) is 5.32 Å². The zero-order valence-electron chi connectivity index (χ0n) is 7.89. The van der Waals surface area contributed by atoms with Crippen LogP contribution in [0.4, 0.5) is 0 Å². The molecule has 0 saturated carbocycles. The highest BCUT2D eigenvalue weighted by atomic mass is 32.2. The molecule has 0 fully saturated rings. The molecule has 0 saturated heterocycles. The maximum absolute atomic E-state index is 10.8. The van der Waals surface area contributed by atoms with Crippen LogP contribution in [-0.2, 0) is 4.79 Å². The lowest BCUT2D eigenvalue weighted by molar-refractivity contribution is -0.121. The van der Waals surface area contributed by atoms with Gasteiger partial charge >= 0.3 is 0 Å². The summed E-state index contributed by atoms with van der Waals surface area (Å²) in [6.07, 6.45) is 2.39. The van der Waals surface area contributed by atoms with Gasteiger partial charge in [0.25, 0.3) is 0 Å². The smallest absolute Gasteiger partial charge is 0.219 e. The highest BCUT2D eigenvalue weighted by Crippen LogP contribution is 2.08. The summed E-state index contributed by atoms with van der Waals surface area (Å²) < 4.78 is 0. The first-order valence-corrected chi connectivity index (χ1v) is 5.39. The summed E-state index contributed by atoms with van der Waals surface area (Å²) >= 11 is 1.57. The van der Waals surface area contributed by atoms with Crippen molar-refractivity contribution in [3.63, 3.8) is 0 Å². The Morgan fingerprint density at radius 2 is 2.25 bits per heavy atom. The maximum Gasteiger partial charge on any atom is 0.219 e. The van der Waals surface area contributed by atoms with E-state index < -0.39 is 5.60 Å². The van der Waals surface area contributed by atoms with Gasteiger partial charge in [0, 0.05) is 18.7 Å². The third-order valence-corrected chi connectivity index (χ3v) is 2.35. The van der Waals surface area contributed by atoms with Gasteiger partial charge in [-0.05, 0) is 13.2 Å². The number of carbonyl (C=O) groups excluding carboxylic acids is 1. The molecule has 0 aromatic heterocycles. The Morgan fingerprint density at radius 3 is 2.67 bits per heavy atom. The van der Waals surface area contributed by atoms with Gasteiger partial charge in [-0.1, -0.05) is 6.92 Å². The van der Waals surface area contributed by atoms with E-state index in [1.807, 2.05) is 6.26 Å². The molecule has 0 heterocycles. The largest absolute Gasteiger partial charge is 0.387 e. The molecular formula is C8H17NO2S. The van der Waals surface area contributed by atoms with Crippen LogP contribution in [0.25, 0.3) is 0 Å². The number of carbonyl (C=O) groups is 1. The Morgan fingerprint density at radius 1 is 1.67 bits per heavy atom. The standard InChI is InChI=1S/C8H17NO2S/c1-4-7(10)9-5-8(2,11)6-12-3/h11H,4-6H2,1-3H3,(H,9,10). The quantitative estimate of drug-likeness (QED) is 0.670. The number of thioether (sulfide) groups is 1. The molecule has 0 rings (SSSR count). The van der Waals surface area contributed by atoms with Crippen LogP contribution in [0.5, 0.6) is 0 Å². The van der Waals surface area contributed by atoms with E-state index in [1.54, 1.807) is 25.6 Å². The summed E-state index contributed by atoms with van der Waals surface area (Å²) in [5.74, 6) is 0.619. The molecule has 1 amide bonds. The van der Waals surface area contributed by atoms with Crippen LogP contribution in [0.2, 0.25) is 0 Å². The Balaban J connectivity index is 3.67. The SMILES string of the molecule is CCC(=O)NCC(C)(O)CSC. The van der Waals surface area contributed by atoms with Crippen molar-refractivity contribution in [3.8, 4) is 0 Å². The first-order chi connectivity index (χ1) is 5.52. The van der Waals surface area contributed by atoms with Crippen LogP contribution >= 0.6 is 11.8 Å². The summed E-state index contributed by atoms with van der Waals surface area (Å²) in [5, 5.41) is 12.3. The summed E-state index contributed by atoms with van der Waals surface area (Å²) in [5.41, 5.74) is -0.787. The summed E-state index contributed by atoms with van der Waals surface area (Å²) in [6, 6.07) is 0. The predicted octanol–water partition coefficient (Wildman–Crippen LogP) is 0.627. The molecular weight excluding hydrogens is 174 g/mol. The van der Waals surface area contributed by atoms with E-state index in [9.17, 15) is 9.90 Å². The van der Waals surface area contributed by atoms with Crippen molar-refractivity contribution in [2.75, 3.05) is 18.6 Å². The van der Waals surface area contributed by atoms with Gasteiger partial charge in [0.1, 0.15) is 0 Å². The molecule has 0 aliphatic heterocycles. The van der Waals surface area contributed by atoms with Crippen molar-refractivity contribution < 1.29 is 9.90 Å². The summed E-state index contributed by atoms with van der Waals surface area (Å²) in [7, 11) is 0. The van der Waals surface area contributed by atoms with Crippen molar-refractivity contribution in [2.24, 2.45) is 0 Å². The third-order valence-electron chi connectivity index (χ3n) is 1.44. The minimum Gasteiger partial charge on any atom is -0.387 e. The number of aliphatic hydroxyl groups is 1. The molecule has 0 aliphatic rings. The van der Waals surface area contributed by atoms with Crippen molar-refractivity contribution in [2.45, 2.75) is 25.9 Å². The first-order valence-electron chi connectivity index (χ1n) is 4.00. The molecule has 0 aromatic rings. The van der Waals surface area contributed by atoms with Crippen molar-refractivity contribution >= 4 is 17.7 Å². The molecule has 0 aromatic carbocycles. The Labute approximate surface area is 77.9 Å². The Bertz CT molecular complexity index is 148. The van der Waals surface area contributed by atoms with Crippen LogP contribution in [0.1, 0.15) is 20.3 Å². The van der Waals surface area contributed by atoms with Gasteiger partial charge in [-0.15, -0.1) is 0 Å². The molecule has 3 nitrogen and oxygen atoms in total. The lowest BCUT2D eigenvalue weighted by atomic mass is 10.1. The molecule has 72 valence electrons. The molecule has 0 radical (unpaired) electrons. The minimum absolute atomic E-state index is 0.0172. The van der Waals surface area contributed by atoms with E-state index in [4.69, 9.17) is 0 Å². The van der Waals surface area contributed by atoms with Gasteiger partial charge in [-0.2, -0.15) is 11.8 Å². The van der Waals surface area contributed by atoms with Gasteiger partial charge in [-0.25, -0.2) is 0 Å². The minimum atomic E-state index is -0.787. The fourth-order valence-electron chi connectivity index (χ4n) is 0.776. The lowest BCUT2D eigenvalue weighted by Gasteiger charge is -2.22. The molecule has 0 bridgehead atoms. The fourth-order valence-corrected chi connectivity index (χ4v) is 1.50. The second kappa shape index (κ2) is 5.43. The van der Waals surface area contributed by atoms with Crippen LogP contribution in [-0.4, -0.2) is 35.2 Å². The number of hydrogen-bond donors (Lipinski definition) is 2. The van der Waals surface area contributed by atoms with Crippen LogP contribution in [0, 0.1) is 0 Å². The fraction of sp³-hybridized carbons (Fsp3) is 0.875. The van der Waals surface area contributed by atoms with E-state index >= 15 is 0 Å². The highest BCUT2D eigenvalue weighted by molar-refractivity contribution is 7.98. The number of hydrogen-bond acceptors (Lipinski definition) is 3. The molecule has 12 heavy (non-hydrogen) atoms. The topological polar surface area (TPSA) is 49.3 Å². The second-order valence-corrected chi connectivity index (χ2v) is 3.93. The van der Waals surface area contributed by atoms with Gasteiger partial charge in [0.2, 0.25) is 5.91 Å². The van der Waals surface area contributed by atoms with Crippen molar-refractivity contribution in [1.29, 1.82) is 0 Å². The number of rotatable bonds is 5. The number of nitrogens with one attached hydrogen (secondary N) is 1. The highest BCUT2D eigenvalue weighted by Gasteiger charge is 2.19. The lowest BCUT2D eigenvalue weighted by Crippen LogP contribution is -2.42. The average molecular weight is 191 g/mol. The first kappa shape index (κ1) is 11.8. The third kappa shape index (κ3) is 5.43. The van der Waals surface area contributed by atoms with Crippen molar-refractivity contribution in [3.05, 3.63) is 0 Å². The van der Waals surface area contributed by atoms with E-state index in [0.717, 1.165) is 0 Å². The molecule has 1 unspecified atom stereocenters.